The quantitative estimate of drug-likeness (QED) is 0.474. The van der Waals surface area contributed by atoms with Crippen molar-refractivity contribution >= 4 is 36.4 Å². The molecule has 1 aliphatic carbocycles. The first-order valence-electron chi connectivity index (χ1n) is 7.36. The topological polar surface area (TPSA) is 87.0 Å². The molecule has 1 saturated carbocycles. The van der Waals surface area contributed by atoms with E-state index in [2.05, 4.69) is 0 Å². The van der Waals surface area contributed by atoms with Crippen LogP contribution in [0.15, 0.2) is 0 Å². The molecule has 12 heteroatoms. The first-order chi connectivity index (χ1) is 10.3. The van der Waals surface area contributed by atoms with Crippen LogP contribution in [0.25, 0.3) is 0 Å². The van der Waals surface area contributed by atoms with Crippen LogP contribution in [-0.4, -0.2) is 59.6 Å². The Morgan fingerprint density at radius 1 is 0.909 bits per heavy atom. The van der Waals surface area contributed by atoms with Gasteiger partial charge < -0.3 is 35.4 Å². The van der Waals surface area contributed by atoms with E-state index in [4.69, 9.17) is 35.4 Å². The molecule has 1 unspecified atom stereocenters. The Balaban J connectivity index is 1.31. The summed E-state index contributed by atoms with van der Waals surface area (Å²) in [4.78, 5) is 0. The van der Waals surface area contributed by atoms with Crippen molar-refractivity contribution in [2.75, 3.05) is 0 Å². The van der Waals surface area contributed by atoms with E-state index in [-0.39, 0.29) is 5.54 Å². The molecule has 0 N–H and O–H groups in total. The second-order valence-electron chi connectivity index (χ2n) is 6.93. The maximum absolute atomic E-state index is 6.37. The van der Waals surface area contributed by atoms with E-state index in [0.29, 0.717) is 6.42 Å². The van der Waals surface area contributed by atoms with Gasteiger partial charge >= 0.3 is 36.4 Å². The average Bonchev–Trinajstić information content (AvgIpc) is 3.11. The fraction of sp³-hybridized carbons (Fsp3) is 1.00. The molecular formula is C10H15O8Si4. The van der Waals surface area contributed by atoms with Crippen LogP contribution in [0.3, 0.4) is 0 Å². The third kappa shape index (κ3) is 1.34. The van der Waals surface area contributed by atoms with Crippen LogP contribution in [0.1, 0.15) is 6.42 Å². The lowest BCUT2D eigenvalue weighted by atomic mass is 10.0. The molecule has 5 saturated heterocycles. The molecule has 5 heterocycles. The molecule has 6 fully saturated rings. The highest BCUT2D eigenvalue weighted by atomic mass is 28.5. The second-order valence-corrected chi connectivity index (χ2v) is 16.3. The van der Waals surface area contributed by atoms with Crippen LogP contribution in [0.5, 0.6) is 0 Å². The van der Waals surface area contributed by atoms with Gasteiger partial charge in [-0.05, 0) is 26.2 Å². The molecule has 8 nitrogen and oxygen atoms in total. The zero-order chi connectivity index (χ0) is 15.2. The van der Waals surface area contributed by atoms with Crippen molar-refractivity contribution in [3.8, 4) is 0 Å². The molecule has 22 heavy (non-hydrogen) atoms. The first-order valence-corrected chi connectivity index (χ1v) is 15.2. The molecule has 119 valence electrons. The van der Waals surface area contributed by atoms with Crippen molar-refractivity contribution < 1.29 is 35.4 Å². The monoisotopic (exact) mass is 375 g/mol. The minimum atomic E-state index is -2.30. The van der Waals surface area contributed by atoms with E-state index in [9.17, 15) is 0 Å². The number of hydrogen-bond acceptors (Lipinski definition) is 8. The second kappa shape index (κ2) is 3.42. The molecule has 0 aromatic heterocycles. The first kappa shape index (κ1) is 13.8. The summed E-state index contributed by atoms with van der Waals surface area (Å²) in [6.07, 6.45) is 0.701. The fourth-order valence-electron chi connectivity index (χ4n) is 3.94. The van der Waals surface area contributed by atoms with E-state index in [0.717, 1.165) is 0 Å². The molecule has 0 amide bonds. The third-order valence-electron chi connectivity index (χ3n) is 4.92. The highest BCUT2D eigenvalue weighted by Crippen LogP contribution is 2.96. The molecule has 6 rings (SSSR count). The Hall–Kier alpha value is 0.548. The fourth-order valence-corrected chi connectivity index (χ4v) is 15.8. The third-order valence-corrected chi connectivity index (χ3v) is 16.2. The van der Waals surface area contributed by atoms with Crippen LogP contribution >= 0.6 is 0 Å². The summed E-state index contributed by atoms with van der Waals surface area (Å²) < 4.78 is 47.6. The van der Waals surface area contributed by atoms with Gasteiger partial charge in [-0.2, -0.15) is 0 Å². The normalized spacial score (nSPS) is 61.9. The van der Waals surface area contributed by atoms with Crippen molar-refractivity contribution in [3.63, 3.8) is 0 Å². The standard InChI is InChI=1S/C10H15O8Si4/c1-19-15-20(2)17-22(3,4)18-21(16-19)6-5-7-9(11-7,12-7)10-8(6,13-10)14-10/h6H,5H2,1-4H3. The van der Waals surface area contributed by atoms with Crippen molar-refractivity contribution in [3.05, 3.63) is 0 Å². The van der Waals surface area contributed by atoms with Crippen molar-refractivity contribution in [1.29, 1.82) is 0 Å². The van der Waals surface area contributed by atoms with Crippen LogP contribution in [0.2, 0.25) is 31.7 Å². The summed E-state index contributed by atoms with van der Waals surface area (Å²) in [6.45, 7) is 8.03. The Bertz CT molecular complexity index is 587. The molecule has 5 aliphatic heterocycles. The van der Waals surface area contributed by atoms with Crippen LogP contribution in [0, 0.1) is 0 Å². The minimum Gasteiger partial charge on any atom is -0.415 e. The average molecular weight is 376 g/mol. The van der Waals surface area contributed by atoms with E-state index in [1.165, 1.54) is 0 Å². The summed E-state index contributed by atoms with van der Waals surface area (Å²) in [7, 11) is -6.69. The molecule has 1 atom stereocenters. The summed E-state index contributed by atoms with van der Waals surface area (Å²) in [5.74, 6) is -2.40. The van der Waals surface area contributed by atoms with E-state index >= 15 is 0 Å². The Kier molecular flexibility index (Phi) is 2.15. The van der Waals surface area contributed by atoms with Gasteiger partial charge in [0.2, 0.25) is 11.6 Å². The summed E-state index contributed by atoms with van der Waals surface area (Å²) in [5.41, 5.74) is 0.0141. The summed E-state index contributed by atoms with van der Waals surface area (Å²) >= 11 is 0. The molecule has 3 radical (unpaired) electrons. The zero-order valence-electron chi connectivity index (χ0n) is 12.6. The van der Waals surface area contributed by atoms with Crippen LogP contribution in [-0.2, 0) is 35.4 Å². The molecule has 0 spiro atoms. The number of epoxide rings is 4. The van der Waals surface area contributed by atoms with Crippen molar-refractivity contribution in [2.24, 2.45) is 0 Å². The Labute approximate surface area is 133 Å². The zero-order valence-corrected chi connectivity index (χ0v) is 16.6. The predicted molar refractivity (Wildman–Crippen MR) is 74.4 cm³/mol. The molecule has 6 aliphatic rings. The molecule has 0 aromatic rings. The van der Waals surface area contributed by atoms with Crippen molar-refractivity contribution in [2.45, 2.75) is 61.3 Å². The van der Waals surface area contributed by atoms with E-state index in [1.807, 2.05) is 26.2 Å². The largest absolute Gasteiger partial charge is 0.415 e. The number of hydrogen-bond donors (Lipinski definition) is 0. The Morgan fingerprint density at radius 3 is 2.36 bits per heavy atom. The number of ether oxygens (including phenoxy) is 4. The highest BCUT2D eigenvalue weighted by Gasteiger charge is 3.20. The van der Waals surface area contributed by atoms with Crippen LogP contribution in [0.4, 0.5) is 0 Å². The molecular weight excluding hydrogens is 360 g/mol. The van der Waals surface area contributed by atoms with Gasteiger partial charge in [0.1, 0.15) is 0 Å². The summed E-state index contributed by atoms with van der Waals surface area (Å²) in [5, 5.41) is 0. The SMILES string of the molecule is C[Si]1O[Si](C)O[Si](C)(C)O[Si](C2CC34OC3(O4)C34OC23O4)O1. The maximum atomic E-state index is 6.37. The van der Waals surface area contributed by atoms with Gasteiger partial charge in [-0.25, -0.2) is 0 Å². The summed E-state index contributed by atoms with van der Waals surface area (Å²) in [6, 6.07) is 0. The van der Waals surface area contributed by atoms with Gasteiger partial charge in [0.05, 0.1) is 5.54 Å². The highest BCUT2D eigenvalue weighted by molar-refractivity contribution is 6.81. The van der Waals surface area contributed by atoms with Gasteiger partial charge in [0.15, 0.2) is 0 Å². The lowest BCUT2D eigenvalue weighted by Gasteiger charge is -2.36. The predicted octanol–water partition coefficient (Wildman–Crippen LogP) is 0.172. The van der Waals surface area contributed by atoms with Gasteiger partial charge in [-0.1, -0.05) is 0 Å². The lowest BCUT2D eigenvalue weighted by Crippen LogP contribution is -2.54. The van der Waals surface area contributed by atoms with E-state index in [1.54, 1.807) is 0 Å². The van der Waals surface area contributed by atoms with Gasteiger partial charge in [-0.3, -0.25) is 0 Å². The maximum Gasteiger partial charge on any atom is 0.375 e. The van der Waals surface area contributed by atoms with Crippen LogP contribution < -0.4 is 0 Å². The van der Waals surface area contributed by atoms with Crippen molar-refractivity contribution in [1.82, 2.24) is 0 Å². The minimum absolute atomic E-state index is 0.0141. The van der Waals surface area contributed by atoms with Gasteiger partial charge in [0, 0.05) is 6.42 Å². The lowest BCUT2D eigenvalue weighted by molar-refractivity contribution is -0.204. The number of rotatable bonds is 1. The molecule has 0 bridgehead atoms. The van der Waals surface area contributed by atoms with E-state index < -0.39 is 59.6 Å². The molecule has 0 aromatic carbocycles. The smallest absolute Gasteiger partial charge is 0.375 e. The van der Waals surface area contributed by atoms with Gasteiger partial charge in [0.25, 0.3) is 11.6 Å². The Morgan fingerprint density at radius 2 is 1.64 bits per heavy atom. The van der Waals surface area contributed by atoms with Gasteiger partial charge in [-0.15, -0.1) is 0 Å².